The van der Waals surface area contributed by atoms with Crippen molar-refractivity contribution >= 4 is 5.69 Å². The second-order valence-electron chi connectivity index (χ2n) is 4.42. The van der Waals surface area contributed by atoms with Gasteiger partial charge >= 0.3 is 6.18 Å². The van der Waals surface area contributed by atoms with Gasteiger partial charge in [-0.25, -0.2) is 0 Å². The predicted octanol–water partition coefficient (Wildman–Crippen LogP) is 4.53. The SMILES string of the molecule is Cc1ccc(NC(C)CCCC(F)(F)F)cc1. The van der Waals surface area contributed by atoms with Gasteiger partial charge in [-0.05, 0) is 38.8 Å². The summed E-state index contributed by atoms with van der Waals surface area (Å²) in [5.41, 5.74) is 2.12. The molecule has 4 heteroatoms. The van der Waals surface area contributed by atoms with Crippen molar-refractivity contribution in [1.82, 2.24) is 0 Å². The Balaban J connectivity index is 2.30. The number of nitrogens with one attached hydrogen (secondary N) is 1. The van der Waals surface area contributed by atoms with E-state index in [1.165, 1.54) is 5.56 Å². The number of hydrogen-bond acceptors (Lipinski definition) is 1. The van der Waals surface area contributed by atoms with Crippen molar-refractivity contribution in [2.24, 2.45) is 0 Å². The van der Waals surface area contributed by atoms with Gasteiger partial charge in [-0.1, -0.05) is 17.7 Å². The van der Waals surface area contributed by atoms with Crippen LogP contribution in [0.5, 0.6) is 0 Å². The van der Waals surface area contributed by atoms with Gasteiger partial charge in [-0.3, -0.25) is 0 Å². The van der Waals surface area contributed by atoms with Crippen molar-refractivity contribution in [3.8, 4) is 0 Å². The van der Waals surface area contributed by atoms with E-state index in [1.54, 1.807) is 0 Å². The summed E-state index contributed by atoms with van der Waals surface area (Å²) in [5, 5.41) is 3.19. The maximum absolute atomic E-state index is 12.0. The molecule has 0 amide bonds. The van der Waals surface area contributed by atoms with Gasteiger partial charge in [0.15, 0.2) is 0 Å². The van der Waals surface area contributed by atoms with E-state index in [0.717, 1.165) is 5.69 Å². The Bertz CT molecular complexity index is 330. The molecule has 0 aromatic heterocycles. The fourth-order valence-corrected chi connectivity index (χ4v) is 1.62. The lowest BCUT2D eigenvalue weighted by Gasteiger charge is -2.15. The summed E-state index contributed by atoms with van der Waals surface area (Å²) >= 11 is 0. The Hall–Kier alpha value is -1.19. The monoisotopic (exact) mass is 245 g/mol. The van der Waals surface area contributed by atoms with Crippen LogP contribution in [0.15, 0.2) is 24.3 Å². The summed E-state index contributed by atoms with van der Waals surface area (Å²) < 4.78 is 35.9. The van der Waals surface area contributed by atoms with Gasteiger partial charge in [0, 0.05) is 18.2 Å². The first-order chi connectivity index (χ1) is 7.87. The van der Waals surface area contributed by atoms with Gasteiger partial charge < -0.3 is 5.32 Å². The molecular formula is C13H18F3N. The fourth-order valence-electron chi connectivity index (χ4n) is 1.62. The molecular weight excluding hydrogens is 227 g/mol. The zero-order valence-electron chi connectivity index (χ0n) is 10.1. The van der Waals surface area contributed by atoms with Crippen molar-refractivity contribution in [2.75, 3.05) is 5.32 Å². The highest BCUT2D eigenvalue weighted by Crippen LogP contribution is 2.23. The molecule has 17 heavy (non-hydrogen) atoms. The van der Waals surface area contributed by atoms with Crippen LogP contribution in [0.4, 0.5) is 18.9 Å². The van der Waals surface area contributed by atoms with Crippen LogP contribution in [0.25, 0.3) is 0 Å². The molecule has 1 aromatic rings. The summed E-state index contributed by atoms with van der Waals surface area (Å²) in [6.45, 7) is 3.90. The molecule has 1 N–H and O–H groups in total. The highest BCUT2D eigenvalue weighted by atomic mass is 19.4. The molecule has 1 atom stereocenters. The quantitative estimate of drug-likeness (QED) is 0.803. The Morgan fingerprint density at radius 3 is 2.29 bits per heavy atom. The smallest absolute Gasteiger partial charge is 0.383 e. The molecule has 96 valence electrons. The molecule has 1 nitrogen and oxygen atoms in total. The summed E-state index contributed by atoms with van der Waals surface area (Å²) in [5.74, 6) is 0. The van der Waals surface area contributed by atoms with Crippen molar-refractivity contribution in [2.45, 2.75) is 45.3 Å². The maximum Gasteiger partial charge on any atom is 0.389 e. The van der Waals surface area contributed by atoms with Crippen LogP contribution < -0.4 is 5.32 Å². The van der Waals surface area contributed by atoms with Crippen molar-refractivity contribution in [3.63, 3.8) is 0 Å². The lowest BCUT2D eigenvalue weighted by Crippen LogP contribution is -2.16. The normalized spacial score (nSPS) is 13.5. The van der Waals surface area contributed by atoms with Crippen molar-refractivity contribution in [3.05, 3.63) is 29.8 Å². The van der Waals surface area contributed by atoms with E-state index in [-0.39, 0.29) is 12.5 Å². The Morgan fingerprint density at radius 2 is 1.76 bits per heavy atom. The van der Waals surface area contributed by atoms with Gasteiger partial charge in [0.05, 0.1) is 0 Å². The number of hydrogen-bond donors (Lipinski definition) is 1. The third kappa shape index (κ3) is 6.19. The predicted molar refractivity (Wildman–Crippen MR) is 64.2 cm³/mol. The van der Waals surface area contributed by atoms with Crippen LogP contribution in [0.1, 0.15) is 31.7 Å². The fraction of sp³-hybridized carbons (Fsp3) is 0.538. The molecule has 0 fully saturated rings. The van der Waals surface area contributed by atoms with Gasteiger partial charge in [0.2, 0.25) is 0 Å². The average Bonchev–Trinajstić information content (AvgIpc) is 2.19. The molecule has 0 saturated carbocycles. The number of rotatable bonds is 5. The summed E-state index contributed by atoms with van der Waals surface area (Å²) in [6, 6.07) is 7.89. The molecule has 0 spiro atoms. The van der Waals surface area contributed by atoms with Crippen LogP contribution in [-0.4, -0.2) is 12.2 Å². The van der Waals surface area contributed by atoms with Crippen LogP contribution >= 0.6 is 0 Å². The number of anilines is 1. The highest BCUT2D eigenvalue weighted by molar-refractivity contribution is 5.44. The van der Waals surface area contributed by atoms with E-state index in [0.29, 0.717) is 6.42 Å². The number of benzene rings is 1. The lowest BCUT2D eigenvalue weighted by molar-refractivity contribution is -0.135. The van der Waals surface area contributed by atoms with E-state index in [9.17, 15) is 13.2 Å². The zero-order chi connectivity index (χ0) is 12.9. The van der Waals surface area contributed by atoms with Gasteiger partial charge in [0.25, 0.3) is 0 Å². The van der Waals surface area contributed by atoms with Crippen molar-refractivity contribution in [1.29, 1.82) is 0 Å². The van der Waals surface area contributed by atoms with E-state index < -0.39 is 12.6 Å². The Morgan fingerprint density at radius 1 is 1.18 bits per heavy atom. The lowest BCUT2D eigenvalue weighted by atomic mass is 10.1. The number of halogens is 3. The van der Waals surface area contributed by atoms with Gasteiger partial charge in [-0.2, -0.15) is 13.2 Å². The molecule has 0 radical (unpaired) electrons. The average molecular weight is 245 g/mol. The highest BCUT2D eigenvalue weighted by Gasteiger charge is 2.26. The summed E-state index contributed by atoms with van der Waals surface area (Å²) in [7, 11) is 0. The standard InChI is InChI=1S/C13H18F3N/c1-10-5-7-12(8-6-10)17-11(2)4-3-9-13(14,15)16/h5-8,11,17H,3-4,9H2,1-2H3. The minimum Gasteiger partial charge on any atom is -0.383 e. The van der Waals surface area contributed by atoms with E-state index >= 15 is 0 Å². The largest absolute Gasteiger partial charge is 0.389 e. The first kappa shape index (κ1) is 13.9. The van der Waals surface area contributed by atoms with Crippen LogP contribution in [-0.2, 0) is 0 Å². The molecule has 0 aliphatic heterocycles. The minimum absolute atomic E-state index is 0.0556. The molecule has 0 aliphatic rings. The molecule has 0 heterocycles. The first-order valence-electron chi connectivity index (χ1n) is 5.77. The third-order valence-electron chi connectivity index (χ3n) is 2.56. The van der Waals surface area contributed by atoms with E-state index in [2.05, 4.69) is 5.32 Å². The second kappa shape index (κ2) is 5.94. The zero-order valence-corrected chi connectivity index (χ0v) is 10.1. The number of aryl methyl sites for hydroxylation is 1. The third-order valence-corrected chi connectivity index (χ3v) is 2.56. The molecule has 0 aliphatic carbocycles. The Kier molecular flexibility index (Phi) is 4.85. The topological polar surface area (TPSA) is 12.0 Å². The minimum atomic E-state index is -4.04. The van der Waals surface area contributed by atoms with Crippen LogP contribution in [0.2, 0.25) is 0 Å². The number of alkyl halides is 3. The molecule has 1 aromatic carbocycles. The maximum atomic E-state index is 12.0. The van der Waals surface area contributed by atoms with Gasteiger partial charge in [0.1, 0.15) is 0 Å². The first-order valence-corrected chi connectivity index (χ1v) is 5.77. The van der Waals surface area contributed by atoms with Crippen LogP contribution in [0.3, 0.4) is 0 Å². The Labute approximate surface area is 100 Å². The van der Waals surface area contributed by atoms with Crippen LogP contribution in [0, 0.1) is 6.92 Å². The van der Waals surface area contributed by atoms with Gasteiger partial charge in [-0.15, -0.1) is 0 Å². The second-order valence-corrected chi connectivity index (χ2v) is 4.42. The van der Waals surface area contributed by atoms with E-state index in [4.69, 9.17) is 0 Å². The summed E-state index contributed by atoms with van der Waals surface area (Å²) in [6.07, 6.45) is -4.05. The molecule has 0 saturated heterocycles. The molecule has 0 bridgehead atoms. The summed E-state index contributed by atoms with van der Waals surface area (Å²) in [4.78, 5) is 0. The van der Waals surface area contributed by atoms with E-state index in [1.807, 2.05) is 38.1 Å². The molecule has 1 rings (SSSR count). The van der Waals surface area contributed by atoms with Crippen molar-refractivity contribution < 1.29 is 13.2 Å². The molecule has 1 unspecified atom stereocenters.